The molecule has 1 aliphatic carbocycles. The lowest BCUT2D eigenvalue weighted by molar-refractivity contribution is -0.0446. The molecule has 0 unspecified atom stereocenters. The molecule has 1 saturated carbocycles. The van der Waals surface area contributed by atoms with Crippen LogP contribution < -0.4 is 5.56 Å². The molecule has 0 amide bonds. The molecule has 2 fully saturated rings. The van der Waals surface area contributed by atoms with E-state index in [1.807, 2.05) is 0 Å². The van der Waals surface area contributed by atoms with Gasteiger partial charge in [0.25, 0.3) is 5.56 Å². The van der Waals surface area contributed by atoms with Crippen LogP contribution in [0.15, 0.2) is 11.0 Å². The van der Waals surface area contributed by atoms with Crippen LogP contribution in [0.2, 0.25) is 0 Å². The van der Waals surface area contributed by atoms with E-state index >= 15 is 0 Å². The zero-order valence-electron chi connectivity index (χ0n) is 13.3. The molecule has 1 atom stereocenters. The van der Waals surface area contributed by atoms with Gasteiger partial charge in [0.15, 0.2) is 5.65 Å². The Morgan fingerprint density at radius 2 is 2.12 bits per heavy atom. The van der Waals surface area contributed by atoms with Crippen LogP contribution in [0.3, 0.4) is 0 Å². The molecule has 2 aliphatic rings. The Morgan fingerprint density at radius 3 is 2.83 bits per heavy atom. The fraction of sp³-hybridized carbons (Fsp3) is 0.688. The van der Waals surface area contributed by atoms with E-state index in [-0.39, 0.29) is 24.4 Å². The number of alkyl halides is 2. The minimum Gasteiger partial charge on any atom is -0.381 e. The van der Waals surface area contributed by atoms with E-state index in [9.17, 15) is 13.6 Å². The Balaban J connectivity index is 1.64. The van der Waals surface area contributed by atoms with Crippen LogP contribution in [-0.2, 0) is 11.2 Å². The van der Waals surface area contributed by atoms with Crippen LogP contribution in [0.25, 0.3) is 11.0 Å². The average molecular weight is 338 g/mol. The van der Waals surface area contributed by atoms with E-state index in [2.05, 4.69) is 15.1 Å². The van der Waals surface area contributed by atoms with Gasteiger partial charge in [0.05, 0.1) is 12.2 Å². The first-order valence-corrected chi connectivity index (χ1v) is 8.44. The minimum absolute atomic E-state index is 0.126. The highest BCUT2D eigenvalue weighted by Gasteiger charge is 2.36. The Kier molecular flexibility index (Phi) is 3.86. The molecule has 2 aromatic rings. The number of hydrogen-bond donors (Lipinski definition) is 1. The number of aromatic amines is 1. The maximum Gasteiger partial charge on any atom is 0.262 e. The molecular formula is C16H20F2N4O2. The highest BCUT2D eigenvalue weighted by Crippen LogP contribution is 2.38. The van der Waals surface area contributed by atoms with Crippen LogP contribution in [0.1, 0.15) is 44.0 Å². The van der Waals surface area contributed by atoms with Gasteiger partial charge in [0.2, 0.25) is 5.92 Å². The number of ether oxygens (including phenoxy) is 1. The van der Waals surface area contributed by atoms with Gasteiger partial charge < -0.3 is 9.72 Å². The summed E-state index contributed by atoms with van der Waals surface area (Å²) >= 11 is 0. The quantitative estimate of drug-likeness (QED) is 0.933. The Labute approximate surface area is 137 Å². The van der Waals surface area contributed by atoms with E-state index in [0.717, 1.165) is 13.0 Å². The summed E-state index contributed by atoms with van der Waals surface area (Å²) in [4.78, 5) is 19.7. The maximum atomic E-state index is 13.4. The molecule has 24 heavy (non-hydrogen) atoms. The molecule has 1 N–H and O–H groups in total. The standard InChI is InChI=1S/C16H20F2N4O2/c17-16(18)4-1-11(2-5-16)22-14-12(8-19-22)15(23)21-13(20-14)7-10-3-6-24-9-10/h8,10-11H,1-7,9H2,(H,20,21,23)/t10-/m0/s1. The van der Waals surface area contributed by atoms with Crippen molar-refractivity contribution in [3.63, 3.8) is 0 Å². The van der Waals surface area contributed by atoms with Crippen LogP contribution in [0.5, 0.6) is 0 Å². The van der Waals surface area contributed by atoms with Gasteiger partial charge in [-0.1, -0.05) is 0 Å². The first-order chi connectivity index (χ1) is 11.5. The molecular weight excluding hydrogens is 318 g/mol. The molecule has 8 heteroatoms. The first-order valence-electron chi connectivity index (χ1n) is 8.44. The third kappa shape index (κ3) is 2.94. The lowest BCUT2D eigenvalue weighted by Gasteiger charge is -2.28. The van der Waals surface area contributed by atoms with E-state index in [4.69, 9.17) is 4.74 Å². The summed E-state index contributed by atoms with van der Waals surface area (Å²) in [5.41, 5.74) is 0.282. The van der Waals surface area contributed by atoms with Crippen molar-refractivity contribution < 1.29 is 13.5 Å². The van der Waals surface area contributed by atoms with Crippen LogP contribution in [0, 0.1) is 5.92 Å². The monoisotopic (exact) mass is 338 g/mol. The van der Waals surface area contributed by atoms with Crippen molar-refractivity contribution in [2.75, 3.05) is 13.2 Å². The lowest BCUT2D eigenvalue weighted by atomic mass is 9.92. The number of rotatable bonds is 3. The molecule has 1 saturated heterocycles. The Hall–Kier alpha value is -1.83. The Bertz CT molecular complexity index is 785. The number of H-pyrrole nitrogens is 1. The van der Waals surface area contributed by atoms with E-state index < -0.39 is 5.92 Å². The van der Waals surface area contributed by atoms with Gasteiger partial charge in [-0.25, -0.2) is 18.4 Å². The van der Waals surface area contributed by atoms with Gasteiger partial charge in [-0.2, -0.15) is 5.10 Å². The summed E-state index contributed by atoms with van der Waals surface area (Å²) in [6, 6.07) is -0.126. The molecule has 0 aromatic carbocycles. The average Bonchev–Trinajstić information content (AvgIpc) is 3.17. The third-order valence-electron chi connectivity index (χ3n) is 5.05. The first kappa shape index (κ1) is 15.7. The van der Waals surface area contributed by atoms with Gasteiger partial charge >= 0.3 is 0 Å². The molecule has 2 aromatic heterocycles. The van der Waals surface area contributed by atoms with Crippen LogP contribution in [0.4, 0.5) is 8.78 Å². The fourth-order valence-electron chi connectivity index (χ4n) is 3.63. The normalized spacial score (nSPS) is 24.7. The van der Waals surface area contributed by atoms with Crippen molar-refractivity contribution in [1.29, 1.82) is 0 Å². The zero-order valence-corrected chi connectivity index (χ0v) is 13.3. The van der Waals surface area contributed by atoms with Gasteiger partial charge in [-0.15, -0.1) is 0 Å². The van der Waals surface area contributed by atoms with E-state index in [1.165, 1.54) is 6.20 Å². The van der Waals surface area contributed by atoms with Crippen molar-refractivity contribution in [3.05, 3.63) is 22.4 Å². The third-order valence-corrected chi connectivity index (χ3v) is 5.05. The second-order valence-electron chi connectivity index (χ2n) is 6.86. The van der Waals surface area contributed by atoms with Crippen molar-refractivity contribution in [1.82, 2.24) is 19.7 Å². The molecule has 0 bridgehead atoms. The lowest BCUT2D eigenvalue weighted by Crippen LogP contribution is -2.27. The summed E-state index contributed by atoms with van der Waals surface area (Å²) in [6.45, 7) is 1.42. The number of fused-ring (bicyclic) bond motifs is 1. The predicted molar refractivity (Wildman–Crippen MR) is 83.2 cm³/mol. The van der Waals surface area contributed by atoms with Crippen molar-refractivity contribution in [3.8, 4) is 0 Å². The second-order valence-corrected chi connectivity index (χ2v) is 6.86. The fourth-order valence-corrected chi connectivity index (χ4v) is 3.63. The smallest absolute Gasteiger partial charge is 0.262 e. The number of nitrogens with zero attached hydrogens (tertiary/aromatic N) is 3. The number of aromatic nitrogens is 4. The second kappa shape index (κ2) is 5.91. The molecule has 6 nitrogen and oxygen atoms in total. The summed E-state index contributed by atoms with van der Waals surface area (Å²) in [7, 11) is 0. The summed E-state index contributed by atoms with van der Waals surface area (Å²) in [5, 5.41) is 4.68. The highest BCUT2D eigenvalue weighted by atomic mass is 19.3. The van der Waals surface area contributed by atoms with Gasteiger partial charge in [-0.3, -0.25) is 4.79 Å². The van der Waals surface area contributed by atoms with Crippen LogP contribution >= 0.6 is 0 Å². The summed E-state index contributed by atoms with van der Waals surface area (Å²) in [6.07, 6.45) is 3.51. The number of nitrogens with one attached hydrogen (secondary N) is 1. The van der Waals surface area contributed by atoms with Crippen LogP contribution in [-0.4, -0.2) is 38.9 Å². The van der Waals surface area contributed by atoms with Crippen molar-refractivity contribution in [2.24, 2.45) is 5.92 Å². The SMILES string of the molecule is O=c1[nH]c(C[C@@H]2CCOC2)nc2c1cnn2C1CCC(F)(F)CC1. The topological polar surface area (TPSA) is 72.8 Å². The van der Waals surface area contributed by atoms with Gasteiger partial charge in [0, 0.05) is 32.5 Å². The molecule has 3 heterocycles. The Morgan fingerprint density at radius 1 is 1.33 bits per heavy atom. The predicted octanol–water partition coefficient (Wildman–Crippen LogP) is 2.45. The molecule has 130 valence electrons. The zero-order chi connectivity index (χ0) is 16.7. The maximum absolute atomic E-state index is 13.4. The molecule has 4 rings (SSSR count). The minimum atomic E-state index is -2.59. The van der Waals surface area contributed by atoms with Crippen molar-refractivity contribution >= 4 is 11.0 Å². The molecule has 1 aliphatic heterocycles. The summed E-state index contributed by atoms with van der Waals surface area (Å²) < 4.78 is 33.8. The van der Waals surface area contributed by atoms with Gasteiger partial charge in [-0.05, 0) is 25.2 Å². The largest absolute Gasteiger partial charge is 0.381 e. The summed E-state index contributed by atoms with van der Waals surface area (Å²) in [5.74, 6) is -1.61. The molecule has 0 radical (unpaired) electrons. The molecule has 0 spiro atoms. The van der Waals surface area contributed by atoms with Gasteiger partial charge in [0.1, 0.15) is 11.2 Å². The number of hydrogen-bond acceptors (Lipinski definition) is 4. The van der Waals surface area contributed by atoms with E-state index in [1.54, 1.807) is 4.68 Å². The number of halogens is 2. The highest BCUT2D eigenvalue weighted by molar-refractivity contribution is 5.73. The van der Waals surface area contributed by atoms with E-state index in [0.29, 0.717) is 48.6 Å². The van der Waals surface area contributed by atoms with Crippen molar-refractivity contribution in [2.45, 2.75) is 50.5 Å².